The van der Waals surface area contributed by atoms with E-state index in [1.165, 1.54) is 4.31 Å². The topological polar surface area (TPSA) is 92.8 Å². The molecule has 0 spiro atoms. The molecule has 0 radical (unpaired) electrons. The van der Waals surface area contributed by atoms with Crippen LogP contribution in [0.1, 0.15) is 23.6 Å². The van der Waals surface area contributed by atoms with Crippen molar-refractivity contribution in [1.82, 2.24) is 4.31 Å². The van der Waals surface area contributed by atoms with Crippen LogP contribution in [0.4, 0.5) is 5.69 Å². The summed E-state index contributed by atoms with van der Waals surface area (Å²) in [7, 11) is -3.78. The van der Waals surface area contributed by atoms with Crippen molar-refractivity contribution >= 4 is 50.5 Å². The van der Waals surface area contributed by atoms with Gasteiger partial charge in [-0.25, -0.2) is 8.42 Å². The molecule has 7 nitrogen and oxygen atoms in total. The number of nitrogens with one attached hydrogen (secondary N) is 1. The fraction of sp³-hybridized carbons (Fsp3) is 0.217. The third-order valence-corrected chi connectivity index (χ3v) is 8.81. The van der Waals surface area contributed by atoms with E-state index in [0.29, 0.717) is 17.1 Å². The number of halogens is 1. The molecule has 0 saturated carbocycles. The SMILES string of the molecule is O=C(COC(=O)CC1c2ccccc2CCN1S(=O)(=O)c1cccs1)Nc1ccc(Cl)cc1. The second kappa shape index (κ2) is 10.0. The fourth-order valence-electron chi connectivity index (χ4n) is 3.75. The van der Waals surface area contributed by atoms with E-state index in [2.05, 4.69) is 5.32 Å². The number of thiophene rings is 1. The Labute approximate surface area is 201 Å². The third-order valence-electron chi connectivity index (χ3n) is 5.27. The van der Waals surface area contributed by atoms with Gasteiger partial charge in [-0.15, -0.1) is 11.3 Å². The van der Waals surface area contributed by atoms with E-state index < -0.39 is 34.5 Å². The summed E-state index contributed by atoms with van der Waals surface area (Å²) in [6.07, 6.45) is 0.353. The van der Waals surface area contributed by atoms with Gasteiger partial charge in [0.2, 0.25) is 0 Å². The number of esters is 1. The highest BCUT2D eigenvalue weighted by molar-refractivity contribution is 7.91. The monoisotopic (exact) mass is 504 g/mol. The van der Waals surface area contributed by atoms with Crippen molar-refractivity contribution in [3.63, 3.8) is 0 Å². The summed E-state index contributed by atoms with van der Waals surface area (Å²) in [6.45, 7) is -0.222. The second-order valence-corrected chi connectivity index (χ2v) is 10.9. The van der Waals surface area contributed by atoms with E-state index in [9.17, 15) is 18.0 Å². The first-order valence-electron chi connectivity index (χ1n) is 10.2. The Hall–Kier alpha value is -2.72. The van der Waals surface area contributed by atoms with E-state index in [0.717, 1.165) is 22.5 Å². The van der Waals surface area contributed by atoms with E-state index in [1.807, 2.05) is 24.3 Å². The van der Waals surface area contributed by atoms with Crippen molar-refractivity contribution in [3.8, 4) is 0 Å². The van der Waals surface area contributed by atoms with E-state index in [-0.39, 0.29) is 17.2 Å². The van der Waals surface area contributed by atoms with Crippen molar-refractivity contribution < 1.29 is 22.7 Å². The molecule has 33 heavy (non-hydrogen) atoms. The summed E-state index contributed by atoms with van der Waals surface area (Å²) in [6, 6.07) is 16.5. The first-order valence-corrected chi connectivity index (χ1v) is 12.9. The number of rotatable bonds is 7. The normalized spacial score (nSPS) is 16.1. The van der Waals surface area contributed by atoms with Gasteiger partial charge in [-0.3, -0.25) is 9.59 Å². The van der Waals surface area contributed by atoms with Crippen LogP contribution in [0.2, 0.25) is 5.02 Å². The molecule has 1 aliphatic rings. The number of carbonyl (C=O) groups excluding carboxylic acids is 2. The molecule has 0 aliphatic carbocycles. The Morgan fingerprint density at radius 3 is 2.58 bits per heavy atom. The average molecular weight is 505 g/mol. The first-order chi connectivity index (χ1) is 15.8. The maximum atomic E-state index is 13.3. The number of anilines is 1. The Balaban J connectivity index is 1.46. The maximum absolute atomic E-state index is 13.3. The Kier molecular flexibility index (Phi) is 7.14. The number of ether oxygens (including phenoxy) is 1. The van der Waals surface area contributed by atoms with Gasteiger partial charge < -0.3 is 10.1 Å². The van der Waals surface area contributed by atoms with Gasteiger partial charge in [-0.1, -0.05) is 41.9 Å². The lowest BCUT2D eigenvalue weighted by atomic mass is 9.92. The number of hydrogen-bond acceptors (Lipinski definition) is 6. The van der Waals surface area contributed by atoms with Crippen molar-refractivity contribution in [2.75, 3.05) is 18.5 Å². The molecular weight excluding hydrogens is 484 g/mol. The number of sulfonamides is 1. The van der Waals surface area contributed by atoms with E-state index in [1.54, 1.807) is 41.8 Å². The fourth-order valence-corrected chi connectivity index (χ4v) is 6.60. The van der Waals surface area contributed by atoms with Crippen LogP contribution in [0.15, 0.2) is 70.3 Å². The minimum absolute atomic E-state index is 0.199. The Morgan fingerprint density at radius 1 is 1.09 bits per heavy atom. The third kappa shape index (κ3) is 5.44. The molecule has 1 aromatic heterocycles. The molecule has 10 heteroatoms. The molecule has 2 aromatic carbocycles. The van der Waals surface area contributed by atoms with Crippen LogP contribution in [0, 0.1) is 0 Å². The summed E-state index contributed by atoms with van der Waals surface area (Å²) < 4.78 is 33.3. The number of benzene rings is 2. The highest BCUT2D eigenvalue weighted by Crippen LogP contribution is 2.37. The summed E-state index contributed by atoms with van der Waals surface area (Å²) in [4.78, 5) is 24.8. The van der Waals surface area contributed by atoms with Crippen LogP contribution in [-0.4, -0.2) is 37.8 Å². The molecule has 1 unspecified atom stereocenters. The standard InChI is InChI=1S/C23H21ClN2O5S2/c24-17-7-9-18(10-8-17)25-21(27)15-31-22(28)14-20-19-5-2-1-4-16(19)11-12-26(20)33(29,30)23-6-3-13-32-23/h1-10,13,20H,11-12,14-15H2,(H,25,27). The van der Waals surface area contributed by atoms with Crippen molar-refractivity contribution in [2.24, 2.45) is 0 Å². The Bertz CT molecular complexity index is 1240. The molecule has 4 rings (SSSR count). The molecule has 1 N–H and O–H groups in total. The van der Waals surface area contributed by atoms with Gasteiger partial charge in [-0.2, -0.15) is 4.31 Å². The van der Waals surface area contributed by atoms with Gasteiger partial charge in [0.05, 0.1) is 12.5 Å². The van der Waals surface area contributed by atoms with Crippen LogP contribution < -0.4 is 5.32 Å². The largest absolute Gasteiger partial charge is 0.456 e. The molecule has 0 fully saturated rings. The molecule has 1 aliphatic heterocycles. The number of carbonyl (C=O) groups is 2. The number of nitrogens with zero attached hydrogens (tertiary/aromatic N) is 1. The maximum Gasteiger partial charge on any atom is 0.308 e. The van der Waals surface area contributed by atoms with E-state index in [4.69, 9.17) is 16.3 Å². The zero-order chi connectivity index (χ0) is 23.4. The molecule has 172 valence electrons. The van der Waals surface area contributed by atoms with Gasteiger partial charge in [0.15, 0.2) is 6.61 Å². The molecule has 3 aromatic rings. The average Bonchev–Trinajstić information content (AvgIpc) is 3.35. The molecule has 1 amide bonds. The molecule has 0 bridgehead atoms. The van der Waals surface area contributed by atoms with Crippen molar-refractivity contribution in [2.45, 2.75) is 23.1 Å². The lowest BCUT2D eigenvalue weighted by Crippen LogP contribution is -2.41. The van der Waals surface area contributed by atoms with Crippen LogP contribution in [-0.2, 0) is 30.8 Å². The van der Waals surface area contributed by atoms with Gasteiger partial charge >= 0.3 is 5.97 Å². The van der Waals surface area contributed by atoms with Crippen molar-refractivity contribution in [3.05, 3.63) is 82.2 Å². The summed E-state index contributed by atoms with van der Waals surface area (Å²) >= 11 is 6.96. The summed E-state index contributed by atoms with van der Waals surface area (Å²) in [5.41, 5.74) is 2.29. The zero-order valence-corrected chi connectivity index (χ0v) is 19.8. The lowest BCUT2D eigenvalue weighted by Gasteiger charge is -2.35. The highest BCUT2D eigenvalue weighted by Gasteiger charge is 2.38. The highest BCUT2D eigenvalue weighted by atomic mass is 35.5. The quantitative estimate of drug-likeness (QED) is 0.485. The van der Waals surface area contributed by atoms with Crippen LogP contribution >= 0.6 is 22.9 Å². The predicted molar refractivity (Wildman–Crippen MR) is 127 cm³/mol. The van der Waals surface area contributed by atoms with Crippen LogP contribution in [0.5, 0.6) is 0 Å². The number of hydrogen-bond donors (Lipinski definition) is 1. The summed E-state index contributed by atoms with van der Waals surface area (Å²) in [5, 5.41) is 4.85. The van der Waals surface area contributed by atoms with Crippen LogP contribution in [0.25, 0.3) is 0 Å². The second-order valence-electron chi connectivity index (χ2n) is 7.43. The minimum Gasteiger partial charge on any atom is -0.456 e. The number of amides is 1. The smallest absolute Gasteiger partial charge is 0.308 e. The lowest BCUT2D eigenvalue weighted by molar-refractivity contribution is -0.148. The van der Waals surface area contributed by atoms with Gasteiger partial charge in [-0.05, 0) is 53.3 Å². The first kappa shape index (κ1) is 23.4. The van der Waals surface area contributed by atoms with Crippen LogP contribution in [0.3, 0.4) is 0 Å². The molecule has 2 heterocycles. The minimum atomic E-state index is -3.78. The molecular formula is C23H21ClN2O5S2. The molecule has 1 atom stereocenters. The molecule has 0 saturated heterocycles. The Morgan fingerprint density at radius 2 is 1.85 bits per heavy atom. The summed E-state index contributed by atoms with van der Waals surface area (Å²) in [5.74, 6) is -1.16. The predicted octanol–water partition coefficient (Wildman–Crippen LogP) is 4.26. The van der Waals surface area contributed by atoms with Crippen molar-refractivity contribution in [1.29, 1.82) is 0 Å². The van der Waals surface area contributed by atoms with E-state index >= 15 is 0 Å². The number of fused-ring (bicyclic) bond motifs is 1. The van der Waals surface area contributed by atoms with Gasteiger partial charge in [0, 0.05) is 17.3 Å². The van der Waals surface area contributed by atoms with Gasteiger partial charge in [0.1, 0.15) is 4.21 Å². The zero-order valence-electron chi connectivity index (χ0n) is 17.4. The van der Waals surface area contributed by atoms with Gasteiger partial charge in [0.25, 0.3) is 15.9 Å².